The number of nitrogens with zero attached hydrogens (tertiary/aromatic N) is 3. The summed E-state index contributed by atoms with van der Waals surface area (Å²) in [4.78, 5) is 31.7. The molecule has 0 aliphatic carbocycles. The summed E-state index contributed by atoms with van der Waals surface area (Å²) in [6, 6.07) is 8.33. The molecule has 1 aliphatic rings. The van der Waals surface area contributed by atoms with Crippen LogP contribution in [0.5, 0.6) is 5.75 Å². The van der Waals surface area contributed by atoms with Gasteiger partial charge >= 0.3 is 5.97 Å². The normalized spacial score (nSPS) is 15.9. The van der Waals surface area contributed by atoms with E-state index < -0.39 is 11.8 Å². The summed E-state index contributed by atoms with van der Waals surface area (Å²) in [5, 5.41) is 9.42. The second kappa shape index (κ2) is 15.8. The molecular formula is C28H43N3O5. The monoisotopic (exact) mass is 501 g/mol. The number of amides is 1. The van der Waals surface area contributed by atoms with Crippen LogP contribution in [0.2, 0.25) is 0 Å². The summed E-state index contributed by atoms with van der Waals surface area (Å²) < 4.78 is 10.1. The lowest BCUT2D eigenvalue weighted by molar-refractivity contribution is -0.195. The van der Waals surface area contributed by atoms with Gasteiger partial charge in [0.25, 0.3) is 0 Å². The number of piperazine rings is 1. The quantitative estimate of drug-likeness (QED) is 0.210. The maximum Gasteiger partial charge on any atom is 0.308 e. The molecule has 36 heavy (non-hydrogen) atoms. The third-order valence-electron chi connectivity index (χ3n) is 5.38. The SMILES string of the molecule is C=C/C=C(\N=C)N1CCN(C(=O)CCC(=O)OC(C)(C)O)[C@H](C)C1.CCCc1ccc(OCC)cc1. The van der Waals surface area contributed by atoms with Gasteiger partial charge in [0.1, 0.15) is 11.6 Å². The number of benzene rings is 1. The van der Waals surface area contributed by atoms with Gasteiger partial charge in [0.15, 0.2) is 0 Å². The van der Waals surface area contributed by atoms with Gasteiger partial charge in [-0.2, -0.15) is 0 Å². The van der Waals surface area contributed by atoms with Gasteiger partial charge in [-0.05, 0) is 50.8 Å². The maximum absolute atomic E-state index is 12.3. The Bertz CT molecular complexity index is 849. The van der Waals surface area contributed by atoms with E-state index in [1.807, 2.05) is 30.9 Å². The Balaban J connectivity index is 0.000000450. The topological polar surface area (TPSA) is 91.7 Å². The fourth-order valence-electron chi connectivity index (χ4n) is 3.79. The van der Waals surface area contributed by atoms with Crippen molar-refractivity contribution in [3.05, 3.63) is 54.4 Å². The molecule has 0 aromatic heterocycles. The number of carbonyl (C=O) groups is 2. The predicted octanol–water partition coefficient (Wildman–Crippen LogP) is 4.34. The van der Waals surface area contributed by atoms with E-state index in [1.165, 1.54) is 25.8 Å². The van der Waals surface area contributed by atoms with E-state index in [-0.39, 0.29) is 24.8 Å². The van der Waals surface area contributed by atoms with Gasteiger partial charge in [-0.3, -0.25) is 9.59 Å². The molecule has 1 aromatic carbocycles. The first-order chi connectivity index (χ1) is 17.0. The van der Waals surface area contributed by atoms with Crippen LogP contribution in [0, 0.1) is 0 Å². The summed E-state index contributed by atoms with van der Waals surface area (Å²) in [6.07, 6.45) is 5.81. The van der Waals surface area contributed by atoms with Gasteiger partial charge in [0.05, 0.1) is 13.0 Å². The van der Waals surface area contributed by atoms with E-state index in [9.17, 15) is 14.7 Å². The van der Waals surface area contributed by atoms with E-state index in [0.717, 1.165) is 24.6 Å². The highest BCUT2D eigenvalue weighted by molar-refractivity contribution is 5.81. The molecule has 1 aliphatic heterocycles. The highest BCUT2D eigenvalue weighted by Gasteiger charge is 2.28. The Hall–Kier alpha value is -3.13. The number of hydrogen-bond acceptors (Lipinski definition) is 7. The molecule has 1 N–H and O–H groups in total. The van der Waals surface area contributed by atoms with Crippen molar-refractivity contribution in [3.63, 3.8) is 0 Å². The van der Waals surface area contributed by atoms with Crippen LogP contribution >= 0.6 is 0 Å². The minimum absolute atomic E-state index is 0.00785. The first-order valence-electron chi connectivity index (χ1n) is 12.5. The zero-order chi connectivity index (χ0) is 27.1. The van der Waals surface area contributed by atoms with Crippen molar-refractivity contribution in [2.24, 2.45) is 4.99 Å². The van der Waals surface area contributed by atoms with Crippen LogP contribution in [0.1, 0.15) is 59.4 Å². The highest BCUT2D eigenvalue weighted by atomic mass is 16.7. The molecule has 1 saturated heterocycles. The third-order valence-corrected chi connectivity index (χ3v) is 5.38. The molecule has 0 bridgehead atoms. The van der Waals surface area contributed by atoms with Crippen molar-refractivity contribution < 1.29 is 24.2 Å². The molecule has 1 heterocycles. The van der Waals surface area contributed by atoms with Gasteiger partial charge < -0.3 is 24.4 Å². The molecule has 1 aromatic rings. The van der Waals surface area contributed by atoms with Crippen LogP contribution in [-0.4, -0.2) is 71.6 Å². The fraction of sp³-hybridized carbons (Fsp3) is 0.536. The van der Waals surface area contributed by atoms with Gasteiger partial charge in [0, 0.05) is 45.9 Å². The molecule has 8 heteroatoms. The Morgan fingerprint density at radius 1 is 1.19 bits per heavy atom. The number of aliphatic hydroxyl groups is 1. The minimum atomic E-state index is -1.52. The molecule has 8 nitrogen and oxygen atoms in total. The van der Waals surface area contributed by atoms with Crippen molar-refractivity contribution in [2.75, 3.05) is 26.2 Å². The summed E-state index contributed by atoms with van der Waals surface area (Å²) >= 11 is 0. The van der Waals surface area contributed by atoms with Crippen molar-refractivity contribution in [3.8, 4) is 5.75 Å². The molecule has 200 valence electrons. The molecule has 0 saturated carbocycles. The minimum Gasteiger partial charge on any atom is -0.494 e. The van der Waals surface area contributed by atoms with Crippen LogP contribution in [0.15, 0.2) is 53.8 Å². The Kier molecular flexibility index (Phi) is 13.5. The van der Waals surface area contributed by atoms with Crippen molar-refractivity contribution in [2.45, 2.75) is 72.1 Å². The largest absolute Gasteiger partial charge is 0.494 e. The van der Waals surface area contributed by atoms with E-state index in [0.29, 0.717) is 19.6 Å². The van der Waals surface area contributed by atoms with E-state index in [1.54, 1.807) is 17.1 Å². The van der Waals surface area contributed by atoms with Gasteiger partial charge in [-0.25, -0.2) is 4.99 Å². The zero-order valence-electron chi connectivity index (χ0n) is 22.5. The lowest BCUT2D eigenvalue weighted by Gasteiger charge is -2.40. The van der Waals surface area contributed by atoms with Crippen molar-refractivity contribution in [1.82, 2.24) is 9.80 Å². The van der Waals surface area contributed by atoms with Crippen LogP contribution < -0.4 is 4.74 Å². The summed E-state index contributed by atoms with van der Waals surface area (Å²) in [5.41, 5.74) is 1.39. The molecule has 2 rings (SSSR count). The zero-order valence-corrected chi connectivity index (χ0v) is 22.5. The van der Waals surface area contributed by atoms with Crippen LogP contribution in [0.3, 0.4) is 0 Å². The lowest BCUT2D eigenvalue weighted by Crippen LogP contribution is -2.53. The summed E-state index contributed by atoms with van der Waals surface area (Å²) in [5.74, 6) is -0.509. The number of aliphatic imine (C=N–C) groups is 1. The second-order valence-electron chi connectivity index (χ2n) is 9.05. The molecule has 0 unspecified atom stereocenters. The Morgan fingerprint density at radius 2 is 1.86 bits per heavy atom. The van der Waals surface area contributed by atoms with Crippen LogP contribution in [0.25, 0.3) is 0 Å². The summed E-state index contributed by atoms with van der Waals surface area (Å²) in [6.45, 7) is 18.7. The maximum atomic E-state index is 12.3. The van der Waals surface area contributed by atoms with Crippen LogP contribution in [0.4, 0.5) is 0 Å². The van der Waals surface area contributed by atoms with E-state index in [2.05, 4.69) is 37.3 Å². The molecule has 1 fully saturated rings. The lowest BCUT2D eigenvalue weighted by atomic mass is 10.1. The average molecular weight is 502 g/mol. The first kappa shape index (κ1) is 30.9. The van der Waals surface area contributed by atoms with E-state index >= 15 is 0 Å². The molecule has 0 spiro atoms. The second-order valence-corrected chi connectivity index (χ2v) is 9.05. The van der Waals surface area contributed by atoms with Gasteiger partial charge in [0.2, 0.25) is 11.7 Å². The number of rotatable bonds is 11. The fourth-order valence-corrected chi connectivity index (χ4v) is 3.79. The average Bonchev–Trinajstić information content (AvgIpc) is 2.82. The van der Waals surface area contributed by atoms with Gasteiger partial charge in [-0.1, -0.05) is 38.1 Å². The Labute approximate surface area is 216 Å². The number of ether oxygens (including phenoxy) is 2. The molecule has 0 radical (unpaired) electrons. The van der Waals surface area contributed by atoms with Crippen molar-refractivity contribution >= 4 is 18.6 Å². The first-order valence-corrected chi connectivity index (χ1v) is 12.5. The number of esters is 1. The number of allylic oxidation sites excluding steroid dienone is 2. The van der Waals surface area contributed by atoms with Crippen molar-refractivity contribution in [1.29, 1.82) is 0 Å². The standard InChI is InChI=1S/C17H27N3O4.C11H16O/c1-6-7-14(18-5)19-10-11-20(13(2)12-19)15(21)8-9-16(22)24-17(3,4)23;1-3-5-10-6-8-11(9-7-10)12-4-2/h6-7,13,23H,1,5,8-12H2,2-4H3;6-9H,3-5H2,1-2H3/b14-7+;/t13-;/m1./s1. The third kappa shape index (κ3) is 11.5. The van der Waals surface area contributed by atoms with Crippen LogP contribution in [-0.2, 0) is 20.7 Å². The van der Waals surface area contributed by atoms with Gasteiger partial charge in [-0.15, -0.1) is 0 Å². The number of carbonyl (C=O) groups excluding carboxylic acids is 2. The summed E-state index contributed by atoms with van der Waals surface area (Å²) in [7, 11) is 0. The molecule has 1 atom stereocenters. The Morgan fingerprint density at radius 3 is 2.36 bits per heavy atom. The molecule has 1 amide bonds. The number of aryl methyl sites for hydroxylation is 1. The highest BCUT2D eigenvalue weighted by Crippen LogP contribution is 2.17. The molecular weight excluding hydrogens is 458 g/mol. The number of hydrogen-bond donors (Lipinski definition) is 1. The smallest absolute Gasteiger partial charge is 0.308 e. The van der Waals surface area contributed by atoms with E-state index in [4.69, 9.17) is 9.47 Å². The predicted molar refractivity (Wildman–Crippen MR) is 144 cm³/mol.